The summed E-state index contributed by atoms with van der Waals surface area (Å²) in [6.45, 7) is 8.86. The molecule has 0 saturated carbocycles. The number of rotatable bonds is 8. The van der Waals surface area contributed by atoms with Gasteiger partial charge in [-0.3, -0.25) is 9.59 Å². The van der Waals surface area contributed by atoms with E-state index in [-0.39, 0.29) is 45.4 Å². The smallest absolute Gasteiger partial charge is 0.295 e. The number of nitrogens with zero attached hydrogens (tertiary/aromatic N) is 1. The van der Waals surface area contributed by atoms with E-state index in [1.165, 1.54) is 31.3 Å². The van der Waals surface area contributed by atoms with Crippen LogP contribution in [0, 0.1) is 0 Å². The standard InChI is InChI=1S/C32H34ClNO6/c1-7-40-22-10-8-9-19(15-22)18-34-28(20-11-13-21(14-12-20)32(2,3)4)27(30(36)31(34)37)29(35)23-16-26(39-6)24(33)17-25(23)38-5/h8-17,28,35H,7,18H2,1-6H3/b29-27+. The number of carbonyl (C=O) groups excluding carboxylic acids is 2. The van der Waals surface area contributed by atoms with Crippen LogP contribution >= 0.6 is 11.6 Å². The van der Waals surface area contributed by atoms with Gasteiger partial charge in [-0.1, -0.05) is 68.8 Å². The zero-order valence-corrected chi connectivity index (χ0v) is 24.3. The lowest BCUT2D eigenvalue weighted by molar-refractivity contribution is -0.140. The van der Waals surface area contributed by atoms with Gasteiger partial charge >= 0.3 is 0 Å². The third-order valence-electron chi connectivity index (χ3n) is 6.92. The van der Waals surface area contributed by atoms with Crippen LogP contribution in [0.15, 0.2) is 66.2 Å². The van der Waals surface area contributed by atoms with Crippen LogP contribution in [-0.2, 0) is 21.5 Å². The Morgan fingerprint density at radius 3 is 2.25 bits per heavy atom. The highest BCUT2D eigenvalue weighted by molar-refractivity contribution is 6.46. The lowest BCUT2D eigenvalue weighted by atomic mass is 9.85. The second-order valence-electron chi connectivity index (χ2n) is 10.6. The molecular formula is C32H34ClNO6. The van der Waals surface area contributed by atoms with E-state index in [0.717, 1.165) is 11.1 Å². The van der Waals surface area contributed by atoms with Crippen molar-refractivity contribution in [3.8, 4) is 17.2 Å². The van der Waals surface area contributed by atoms with Gasteiger partial charge in [0.25, 0.3) is 11.7 Å². The largest absolute Gasteiger partial charge is 0.507 e. The minimum atomic E-state index is -0.851. The molecule has 1 atom stereocenters. The first-order chi connectivity index (χ1) is 19.0. The Bertz CT molecular complexity index is 1460. The maximum absolute atomic E-state index is 13.6. The van der Waals surface area contributed by atoms with Crippen LogP contribution in [0.2, 0.25) is 5.02 Å². The summed E-state index contributed by atoms with van der Waals surface area (Å²) in [5.74, 6) is -0.688. The minimum absolute atomic E-state index is 0.0443. The van der Waals surface area contributed by atoms with E-state index in [1.54, 1.807) is 0 Å². The number of Topliss-reactive ketones (excluding diaryl/α,β-unsaturated/α-hetero) is 1. The van der Waals surface area contributed by atoms with E-state index in [2.05, 4.69) is 20.8 Å². The summed E-state index contributed by atoms with van der Waals surface area (Å²) in [6.07, 6.45) is 0. The number of benzene rings is 3. The van der Waals surface area contributed by atoms with Crippen molar-refractivity contribution in [1.82, 2.24) is 4.90 Å². The van der Waals surface area contributed by atoms with Gasteiger partial charge < -0.3 is 24.2 Å². The number of ether oxygens (including phenoxy) is 3. The summed E-state index contributed by atoms with van der Waals surface area (Å²) in [5.41, 5.74) is 2.63. The molecule has 1 N–H and O–H groups in total. The highest BCUT2D eigenvalue weighted by Gasteiger charge is 2.46. The molecule has 3 aromatic rings. The molecular weight excluding hydrogens is 530 g/mol. The van der Waals surface area contributed by atoms with E-state index < -0.39 is 17.7 Å². The molecule has 0 bridgehead atoms. The molecule has 1 fully saturated rings. The number of aliphatic hydroxyl groups excluding tert-OH is 1. The van der Waals surface area contributed by atoms with Crippen molar-refractivity contribution in [3.05, 3.63) is 93.5 Å². The number of ketones is 1. The molecule has 40 heavy (non-hydrogen) atoms. The normalized spacial score (nSPS) is 16.8. The number of carbonyl (C=O) groups is 2. The van der Waals surface area contributed by atoms with Gasteiger partial charge in [0.1, 0.15) is 23.0 Å². The van der Waals surface area contributed by atoms with Crippen molar-refractivity contribution >= 4 is 29.1 Å². The van der Waals surface area contributed by atoms with E-state index in [0.29, 0.717) is 17.9 Å². The van der Waals surface area contributed by atoms with E-state index in [9.17, 15) is 14.7 Å². The number of likely N-dealkylation sites (tertiary alicyclic amines) is 1. The molecule has 0 aromatic heterocycles. The maximum atomic E-state index is 13.6. The second kappa shape index (κ2) is 11.6. The third-order valence-corrected chi connectivity index (χ3v) is 7.22. The van der Waals surface area contributed by atoms with Gasteiger partial charge in [0.15, 0.2) is 0 Å². The summed E-state index contributed by atoms with van der Waals surface area (Å²) in [7, 11) is 2.88. The number of amides is 1. The van der Waals surface area contributed by atoms with Crippen LogP contribution in [-0.4, -0.2) is 42.5 Å². The zero-order valence-electron chi connectivity index (χ0n) is 23.6. The van der Waals surface area contributed by atoms with Crippen molar-refractivity contribution in [2.24, 2.45) is 0 Å². The Hall–Kier alpha value is -3.97. The Morgan fingerprint density at radius 1 is 0.975 bits per heavy atom. The fourth-order valence-electron chi connectivity index (χ4n) is 4.84. The molecule has 210 valence electrons. The lowest BCUT2D eigenvalue weighted by Crippen LogP contribution is -2.29. The number of methoxy groups -OCH3 is 2. The summed E-state index contributed by atoms with van der Waals surface area (Å²) >= 11 is 6.28. The second-order valence-corrected chi connectivity index (χ2v) is 11.0. The van der Waals surface area contributed by atoms with Crippen molar-refractivity contribution in [3.63, 3.8) is 0 Å². The third kappa shape index (κ3) is 5.65. The monoisotopic (exact) mass is 563 g/mol. The van der Waals surface area contributed by atoms with E-state index in [4.69, 9.17) is 25.8 Å². The zero-order chi connectivity index (χ0) is 29.2. The van der Waals surface area contributed by atoms with Gasteiger partial charge in [-0.15, -0.1) is 0 Å². The topological polar surface area (TPSA) is 85.3 Å². The molecule has 1 amide bonds. The number of aliphatic hydroxyl groups is 1. The van der Waals surface area contributed by atoms with Crippen molar-refractivity contribution < 1.29 is 28.9 Å². The van der Waals surface area contributed by atoms with Gasteiger partial charge in [0, 0.05) is 12.6 Å². The highest BCUT2D eigenvalue weighted by Crippen LogP contribution is 2.44. The molecule has 3 aromatic carbocycles. The van der Waals surface area contributed by atoms with E-state index in [1.807, 2.05) is 55.5 Å². The molecule has 8 heteroatoms. The minimum Gasteiger partial charge on any atom is -0.507 e. The summed E-state index contributed by atoms with van der Waals surface area (Å²) < 4.78 is 16.4. The molecule has 1 aliphatic rings. The molecule has 4 rings (SSSR count). The number of hydrogen-bond acceptors (Lipinski definition) is 6. The Balaban J connectivity index is 1.90. The fraction of sp³-hybridized carbons (Fsp3) is 0.312. The van der Waals surface area contributed by atoms with Crippen LogP contribution in [0.5, 0.6) is 17.2 Å². The molecule has 0 radical (unpaired) electrons. The Kier molecular flexibility index (Phi) is 8.45. The predicted octanol–water partition coefficient (Wildman–Crippen LogP) is 6.68. The Labute approximate surface area is 239 Å². The van der Waals surface area contributed by atoms with Gasteiger partial charge in [-0.25, -0.2) is 0 Å². The summed E-state index contributed by atoms with van der Waals surface area (Å²) in [4.78, 5) is 28.6. The SMILES string of the molecule is CCOc1cccc(CN2C(=O)C(=O)/C(=C(/O)c3cc(OC)c(Cl)cc3OC)C2c2ccc(C(C)(C)C)cc2)c1. The highest BCUT2D eigenvalue weighted by atomic mass is 35.5. The van der Waals surface area contributed by atoms with Gasteiger partial charge in [-0.2, -0.15) is 0 Å². The quantitative estimate of drug-likeness (QED) is 0.187. The molecule has 7 nitrogen and oxygen atoms in total. The summed E-state index contributed by atoms with van der Waals surface area (Å²) in [6, 6.07) is 17.3. The van der Waals surface area contributed by atoms with Gasteiger partial charge in [0.2, 0.25) is 0 Å². The van der Waals surface area contributed by atoms with Crippen LogP contribution in [0.4, 0.5) is 0 Å². The van der Waals surface area contributed by atoms with Crippen LogP contribution < -0.4 is 14.2 Å². The molecule has 1 unspecified atom stereocenters. The van der Waals surface area contributed by atoms with Gasteiger partial charge in [0.05, 0.1) is 43.0 Å². The lowest BCUT2D eigenvalue weighted by Gasteiger charge is -2.27. The van der Waals surface area contributed by atoms with Crippen LogP contribution in [0.1, 0.15) is 56.0 Å². The fourth-order valence-corrected chi connectivity index (χ4v) is 5.07. The van der Waals surface area contributed by atoms with E-state index >= 15 is 0 Å². The summed E-state index contributed by atoms with van der Waals surface area (Å²) in [5, 5.41) is 11.9. The average molecular weight is 564 g/mol. The maximum Gasteiger partial charge on any atom is 0.295 e. The number of halogens is 1. The average Bonchev–Trinajstić information content (AvgIpc) is 3.17. The van der Waals surface area contributed by atoms with Crippen molar-refractivity contribution in [2.45, 2.75) is 45.7 Å². The van der Waals surface area contributed by atoms with Crippen molar-refractivity contribution in [1.29, 1.82) is 0 Å². The van der Waals surface area contributed by atoms with Crippen LogP contribution in [0.3, 0.4) is 0 Å². The first-order valence-corrected chi connectivity index (χ1v) is 13.4. The first kappa shape index (κ1) is 29.0. The van der Waals surface area contributed by atoms with Crippen LogP contribution in [0.25, 0.3) is 5.76 Å². The number of hydrogen-bond donors (Lipinski definition) is 1. The van der Waals surface area contributed by atoms with Gasteiger partial charge in [-0.05, 0) is 47.2 Å². The molecule has 1 aliphatic heterocycles. The molecule has 0 spiro atoms. The predicted molar refractivity (Wildman–Crippen MR) is 155 cm³/mol. The molecule has 1 heterocycles. The van der Waals surface area contributed by atoms with Crippen molar-refractivity contribution in [2.75, 3.05) is 20.8 Å². The molecule has 1 saturated heterocycles. The first-order valence-electron chi connectivity index (χ1n) is 13.0. The Morgan fingerprint density at radius 2 is 1.65 bits per heavy atom. The molecule has 0 aliphatic carbocycles.